The quantitative estimate of drug-likeness (QED) is 0.789. The molecule has 0 amide bonds. The molecule has 2 aromatic rings. The average molecular weight is 307 g/mol. The molecule has 2 atom stereocenters. The SMILES string of the molecule is C1=CC([SiH2]O[SiH2]C2C=Cc3ccccc32)c2ccccc21. The van der Waals surface area contributed by atoms with Crippen molar-refractivity contribution in [3.05, 3.63) is 82.9 Å². The summed E-state index contributed by atoms with van der Waals surface area (Å²) in [7, 11) is -1.03. The summed E-state index contributed by atoms with van der Waals surface area (Å²) in [4.78, 5) is 0. The van der Waals surface area contributed by atoms with E-state index in [2.05, 4.69) is 72.8 Å². The maximum Gasteiger partial charge on any atom is 0.157 e. The summed E-state index contributed by atoms with van der Waals surface area (Å²) in [5, 5.41) is 0. The fraction of sp³-hybridized carbons (Fsp3) is 0.111. The van der Waals surface area contributed by atoms with Crippen molar-refractivity contribution >= 4 is 31.7 Å². The first-order valence-corrected chi connectivity index (χ1v) is 10.3. The number of rotatable bonds is 4. The van der Waals surface area contributed by atoms with Crippen molar-refractivity contribution in [3.63, 3.8) is 0 Å². The van der Waals surface area contributed by atoms with Crippen LogP contribution >= 0.6 is 0 Å². The standard InChI is InChI=1S/C18H18OSi2/c1-3-7-15-13(5-1)9-11-17(15)20-19-21-18-12-10-14-6-2-4-8-16(14)18/h1-12,17-18H,20-21H2. The van der Waals surface area contributed by atoms with Crippen molar-refractivity contribution in [2.45, 2.75) is 11.1 Å². The molecule has 0 fully saturated rings. The zero-order valence-electron chi connectivity index (χ0n) is 11.9. The highest BCUT2D eigenvalue weighted by Gasteiger charge is 2.20. The van der Waals surface area contributed by atoms with Crippen LogP contribution in [0.5, 0.6) is 0 Å². The maximum atomic E-state index is 6.29. The van der Waals surface area contributed by atoms with Gasteiger partial charge in [0.1, 0.15) is 0 Å². The molecular weight excluding hydrogens is 288 g/mol. The van der Waals surface area contributed by atoms with E-state index in [0.29, 0.717) is 11.1 Å². The molecule has 2 aliphatic carbocycles. The van der Waals surface area contributed by atoms with E-state index < -0.39 is 19.5 Å². The van der Waals surface area contributed by atoms with E-state index >= 15 is 0 Å². The smallest absolute Gasteiger partial charge is 0.157 e. The van der Waals surface area contributed by atoms with Crippen LogP contribution < -0.4 is 0 Å². The van der Waals surface area contributed by atoms with Gasteiger partial charge in [-0.1, -0.05) is 72.8 Å². The van der Waals surface area contributed by atoms with Gasteiger partial charge in [-0.15, -0.1) is 0 Å². The molecule has 21 heavy (non-hydrogen) atoms. The Morgan fingerprint density at radius 2 is 1.14 bits per heavy atom. The van der Waals surface area contributed by atoms with Crippen LogP contribution in [-0.2, 0) is 4.12 Å². The lowest BCUT2D eigenvalue weighted by molar-refractivity contribution is 0.620. The molecule has 0 saturated carbocycles. The summed E-state index contributed by atoms with van der Waals surface area (Å²) in [5.74, 6) is 0. The van der Waals surface area contributed by atoms with Gasteiger partial charge >= 0.3 is 0 Å². The number of fused-ring (bicyclic) bond motifs is 2. The van der Waals surface area contributed by atoms with Gasteiger partial charge in [0.15, 0.2) is 19.5 Å². The maximum absolute atomic E-state index is 6.29. The third-order valence-electron chi connectivity index (χ3n) is 4.40. The second-order valence-electron chi connectivity index (χ2n) is 5.73. The van der Waals surface area contributed by atoms with Gasteiger partial charge in [-0.25, -0.2) is 0 Å². The zero-order chi connectivity index (χ0) is 14.1. The van der Waals surface area contributed by atoms with Gasteiger partial charge < -0.3 is 4.12 Å². The van der Waals surface area contributed by atoms with Crippen molar-refractivity contribution in [2.75, 3.05) is 0 Å². The predicted molar refractivity (Wildman–Crippen MR) is 94.6 cm³/mol. The molecule has 104 valence electrons. The Morgan fingerprint density at radius 3 is 1.67 bits per heavy atom. The monoisotopic (exact) mass is 306 g/mol. The molecule has 3 heteroatoms. The van der Waals surface area contributed by atoms with Crippen LogP contribution in [0.1, 0.15) is 33.3 Å². The van der Waals surface area contributed by atoms with Crippen LogP contribution in [0.15, 0.2) is 60.7 Å². The van der Waals surface area contributed by atoms with Crippen LogP contribution in [0.3, 0.4) is 0 Å². The van der Waals surface area contributed by atoms with E-state index in [1.165, 1.54) is 22.3 Å². The normalized spacial score (nSPS) is 22.7. The van der Waals surface area contributed by atoms with Gasteiger partial charge in [-0.05, 0) is 22.3 Å². The average Bonchev–Trinajstić information content (AvgIpc) is 3.13. The number of allylic oxidation sites excluding steroid dienone is 2. The summed E-state index contributed by atoms with van der Waals surface area (Å²) in [6.07, 6.45) is 9.18. The Hall–Kier alpha value is -1.69. The minimum absolute atomic E-state index is 0.514. The highest BCUT2D eigenvalue weighted by atomic mass is 28.3. The van der Waals surface area contributed by atoms with Crippen molar-refractivity contribution in [3.8, 4) is 0 Å². The molecule has 2 aromatic carbocycles. The van der Waals surface area contributed by atoms with E-state index in [1.54, 1.807) is 0 Å². The van der Waals surface area contributed by atoms with E-state index in [0.717, 1.165) is 0 Å². The highest BCUT2D eigenvalue weighted by molar-refractivity contribution is 6.46. The molecule has 0 radical (unpaired) electrons. The number of benzene rings is 2. The Kier molecular flexibility index (Phi) is 3.47. The van der Waals surface area contributed by atoms with E-state index in [1.807, 2.05) is 0 Å². The Morgan fingerprint density at radius 1 is 0.667 bits per heavy atom. The molecule has 0 N–H and O–H groups in total. The summed E-state index contributed by atoms with van der Waals surface area (Å²) in [6.45, 7) is 0. The number of hydrogen-bond acceptors (Lipinski definition) is 1. The van der Waals surface area contributed by atoms with Crippen molar-refractivity contribution in [2.24, 2.45) is 0 Å². The third kappa shape index (κ3) is 2.48. The van der Waals surface area contributed by atoms with E-state index in [-0.39, 0.29) is 0 Å². The zero-order valence-corrected chi connectivity index (χ0v) is 14.7. The molecule has 0 heterocycles. The minimum Gasteiger partial charge on any atom is -0.464 e. The van der Waals surface area contributed by atoms with Gasteiger partial charge in [0.25, 0.3) is 0 Å². The van der Waals surface area contributed by atoms with E-state index in [9.17, 15) is 0 Å². The van der Waals surface area contributed by atoms with Crippen LogP contribution in [0.25, 0.3) is 12.2 Å². The molecule has 0 aromatic heterocycles. The molecule has 2 unspecified atom stereocenters. The Bertz CT molecular complexity index is 659. The van der Waals surface area contributed by atoms with Crippen LogP contribution in [0.4, 0.5) is 0 Å². The van der Waals surface area contributed by atoms with Crippen molar-refractivity contribution < 1.29 is 4.12 Å². The molecule has 4 rings (SSSR count). The second kappa shape index (κ2) is 5.60. The molecule has 2 aliphatic rings. The highest BCUT2D eigenvalue weighted by Crippen LogP contribution is 2.31. The second-order valence-corrected chi connectivity index (χ2v) is 9.79. The topological polar surface area (TPSA) is 9.23 Å². The third-order valence-corrected chi connectivity index (χ3v) is 8.43. The van der Waals surface area contributed by atoms with Gasteiger partial charge in [0.2, 0.25) is 0 Å². The van der Waals surface area contributed by atoms with Gasteiger partial charge in [-0.2, -0.15) is 0 Å². The molecule has 0 bridgehead atoms. The largest absolute Gasteiger partial charge is 0.464 e. The minimum atomic E-state index is -0.514. The number of hydrogen-bond donors (Lipinski definition) is 0. The molecule has 0 aliphatic heterocycles. The molecular formula is C18H18OSi2. The van der Waals surface area contributed by atoms with Gasteiger partial charge in [-0.3, -0.25) is 0 Å². The first kappa shape index (κ1) is 13.0. The summed E-state index contributed by atoms with van der Waals surface area (Å²) in [6, 6.07) is 17.4. The first-order chi connectivity index (χ1) is 10.4. The van der Waals surface area contributed by atoms with E-state index in [4.69, 9.17) is 4.12 Å². The lowest BCUT2D eigenvalue weighted by Crippen LogP contribution is -2.16. The van der Waals surface area contributed by atoms with Crippen molar-refractivity contribution in [1.29, 1.82) is 0 Å². The molecule has 0 spiro atoms. The summed E-state index contributed by atoms with van der Waals surface area (Å²) in [5.41, 5.74) is 6.86. The van der Waals surface area contributed by atoms with Gasteiger partial charge in [0, 0.05) is 11.1 Å². The van der Waals surface area contributed by atoms with Crippen LogP contribution in [-0.4, -0.2) is 19.5 Å². The Labute approximate surface area is 130 Å². The van der Waals surface area contributed by atoms with Crippen LogP contribution in [0, 0.1) is 0 Å². The summed E-state index contributed by atoms with van der Waals surface area (Å²) < 4.78 is 6.29. The lowest BCUT2D eigenvalue weighted by atomic mass is 10.1. The fourth-order valence-electron chi connectivity index (χ4n) is 3.26. The molecule has 1 nitrogen and oxygen atoms in total. The predicted octanol–water partition coefficient (Wildman–Crippen LogP) is 2.71. The summed E-state index contributed by atoms with van der Waals surface area (Å²) >= 11 is 0. The lowest BCUT2D eigenvalue weighted by Gasteiger charge is -2.14. The van der Waals surface area contributed by atoms with Gasteiger partial charge in [0.05, 0.1) is 0 Å². The fourth-order valence-corrected chi connectivity index (χ4v) is 7.43. The first-order valence-electron chi connectivity index (χ1n) is 7.54. The van der Waals surface area contributed by atoms with Crippen molar-refractivity contribution in [1.82, 2.24) is 0 Å². The molecule has 0 saturated heterocycles. The Balaban J connectivity index is 1.38. The van der Waals surface area contributed by atoms with Crippen LogP contribution in [0.2, 0.25) is 0 Å².